The molecule has 94 valence electrons. The fraction of sp³-hybridized carbons (Fsp3) is 0.462. The van der Waals surface area contributed by atoms with E-state index in [2.05, 4.69) is 10.6 Å². The molecule has 1 fully saturated rings. The molecular weight excluding hydrogens is 236 g/mol. The first-order chi connectivity index (χ1) is 7.74. The van der Waals surface area contributed by atoms with Gasteiger partial charge in [0.1, 0.15) is 0 Å². The van der Waals surface area contributed by atoms with Crippen LogP contribution in [0.3, 0.4) is 0 Å². The van der Waals surface area contributed by atoms with Crippen LogP contribution >= 0.6 is 12.4 Å². The van der Waals surface area contributed by atoms with Gasteiger partial charge in [0.15, 0.2) is 0 Å². The topological polar surface area (TPSA) is 41.1 Å². The molecule has 1 unspecified atom stereocenters. The van der Waals surface area contributed by atoms with Crippen molar-refractivity contribution in [3.05, 3.63) is 29.8 Å². The zero-order chi connectivity index (χ0) is 11.4. The average molecular weight is 255 g/mol. The first kappa shape index (κ1) is 14.0. The minimum absolute atomic E-state index is 0. The van der Waals surface area contributed by atoms with E-state index in [-0.39, 0.29) is 18.3 Å². The maximum atomic E-state index is 11.7. The number of rotatable bonds is 3. The van der Waals surface area contributed by atoms with E-state index in [1.165, 1.54) is 5.56 Å². The number of benzene rings is 1. The van der Waals surface area contributed by atoms with Crippen molar-refractivity contribution in [1.29, 1.82) is 0 Å². The molecular formula is C13H19ClN2O. The van der Waals surface area contributed by atoms with Gasteiger partial charge in [-0.1, -0.05) is 17.7 Å². The van der Waals surface area contributed by atoms with Gasteiger partial charge in [-0.2, -0.15) is 0 Å². The van der Waals surface area contributed by atoms with Crippen molar-refractivity contribution < 1.29 is 4.79 Å². The summed E-state index contributed by atoms with van der Waals surface area (Å²) < 4.78 is 0. The highest BCUT2D eigenvalue weighted by Gasteiger charge is 2.17. The number of hydrogen-bond acceptors (Lipinski definition) is 2. The number of amides is 1. The van der Waals surface area contributed by atoms with Gasteiger partial charge in [0.25, 0.3) is 0 Å². The summed E-state index contributed by atoms with van der Waals surface area (Å²) in [6.07, 6.45) is 1.74. The van der Waals surface area contributed by atoms with Crippen LogP contribution in [0.2, 0.25) is 0 Å². The number of nitrogens with one attached hydrogen (secondary N) is 2. The second kappa shape index (κ2) is 6.62. The third kappa shape index (κ3) is 4.36. The van der Waals surface area contributed by atoms with Crippen LogP contribution < -0.4 is 10.6 Å². The molecule has 4 heteroatoms. The number of carbonyl (C=O) groups is 1. The van der Waals surface area contributed by atoms with Crippen LogP contribution in [0.25, 0.3) is 0 Å². The van der Waals surface area contributed by atoms with Gasteiger partial charge in [0.05, 0.1) is 0 Å². The Bertz CT molecular complexity index is 358. The van der Waals surface area contributed by atoms with Crippen LogP contribution in [0.5, 0.6) is 0 Å². The van der Waals surface area contributed by atoms with Gasteiger partial charge in [0.2, 0.25) is 5.91 Å². The van der Waals surface area contributed by atoms with Crippen molar-refractivity contribution >= 4 is 24.0 Å². The second-order valence-electron chi connectivity index (χ2n) is 4.48. The van der Waals surface area contributed by atoms with Crippen LogP contribution in [-0.2, 0) is 4.79 Å². The molecule has 0 bridgehead atoms. The minimum atomic E-state index is 0. The predicted molar refractivity (Wildman–Crippen MR) is 72.7 cm³/mol. The smallest absolute Gasteiger partial charge is 0.224 e. The Morgan fingerprint density at radius 3 is 2.71 bits per heavy atom. The van der Waals surface area contributed by atoms with E-state index in [4.69, 9.17) is 0 Å². The van der Waals surface area contributed by atoms with Crippen LogP contribution in [0.15, 0.2) is 24.3 Å². The molecule has 1 heterocycles. The third-order valence-electron chi connectivity index (χ3n) is 2.97. The molecule has 2 N–H and O–H groups in total. The van der Waals surface area contributed by atoms with Crippen molar-refractivity contribution in [1.82, 2.24) is 5.32 Å². The molecule has 0 spiro atoms. The largest absolute Gasteiger partial charge is 0.326 e. The van der Waals surface area contributed by atoms with Gasteiger partial charge in [0, 0.05) is 12.1 Å². The lowest BCUT2D eigenvalue weighted by molar-refractivity contribution is -0.116. The fourth-order valence-corrected chi connectivity index (χ4v) is 2.00. The number of hydrogen-bond donors (Lipinski definition) is 2. The molecule has 1 aromatic carbocycles. The van der Waals surface area contributed by atoms with Crippen molar-refractivity contribution in [2.75, 3.05) is 18.4 Å². The summed E-state index contributed by atoms with van der Waals surface area (Å²) in [4.78, 5) is 11.7. The van der Waals surface area contributed by atoms with E-state index in [9.17, 15) is 4.79 Å². The van der Waals surface area contributed by atoms with Crippen LogP contribution in [-0.4, -0.2) is 19.0 Å². The number of aryl methyl sites for hydroxylation is 1. The van der Waals surface area contributed by atoms with Crippen molar-refractivity contribution in [3.63, 3.8) is 0 Å². The molecule has 1 aromatic rings. The van der Waals surface area contributed by atoms with Crippen LogP contribution in [0.4, 0.5) is 5.69 Å². The summed E-state index contributed by atoms with van der Waals surface area (Å²) in [6, 6.07) is 7.90. The van der Waals surface area contributed by atoms with Crippen LogP contribution in [0.1, 0.15) is 18.4 Å². The zero-order valence-corrected chi connectivity index (χ0v) is 10.8. The quantitative estimate of drug-likeness (QED) is 0.870. The standard InChI is InChI=1S/C13H18N2O.ClH/c1-10-2-4-12(5-3-10)15-13(16)8-11-6-7-14-9-11;/h2-5,11,14H,6-9H2,1H3,(H,15,16);1H. The summed E-state index contributed by atoms with van der Waals surface area (Å²) in [6.45, 7) is 4.06. The van der Waals surface area contributed by atoms with Crippen molar-refractivity contribution in [2.24, 2.45) is 5.92 Å². The highest BCUT2D eigenvalue weighted by molar-refractivity contribution is 5.90. The average Bonchev–Trinajstić information content (AvgIpc) is 2.74. The number of anilines is 1. The number of halogens is 1. The highest BCUT2D eigenvalue weighted by Crippen LogP contribution is 2.14. The fourth-order valence-electron chi connectivity index (χ4n) is 2.00. The van der Waals surface area contributed by atoms with E-state index < -0.39 is 0 Å². The molecule has 1 atom stereocenters. The summed E-state index contributed by atoms with van der Waals surface area (Å²) in [5.74, 6) is 0.628. The van der Waals surface area contributed by atoms with Crippen molar-refractivity contribution in [3.8, 4) is 0 Å². The Kier molecular flexibility index (Phi) is 5.45. The van der Waals surface area contributed by atoms with E-state index in [1.54, 1.807) is 0 Å². The SMILES string of the molecule is Cc1ccc(NC(=O)CC2CCNC2)cc1.Cl. The summed E-state index contributed by atoms with van der Waals surface area (Å²) in [7, 11) is 0. The molecule has 2 rings (SSSR count). The monoisotopic (exact) mass is 254 g/mol. The van der Waals surface area contributed by atoms with E-state index in [0.717, 1.165) is 25.2 Å². The lowest BCUT2D eigenvalue weighted by Crippen LogP contribution is -2.18. The summed E-state index contributed by atoms with van der Waals surface area (Å²) in [5.41, 5.74) is 2.10. The zero-order valence-electron chi connectivity index (χ0n) is 10.0. The molecule has 1 aliphatic rings. The molecule has 1 aliphatic heterocycles. The van der Waals surface area contributed by atoms with Gasteiger partial charge in [-0.25, -0.2) is 0 Å². The molecule has 0 aliphatic carbocycles. The Hall–Kier alpha value is -1.06. The maximum Gasteiger partial charge on any atom is 0.224 e. The molecule has 0 radical (unpaired) electrons. The van der Waals surface area contributed by atoms with Gasteiger partial charge < -0.3 is 10.6 Å². The Labute approximate surface area is 108 Å². The van der Waals surface area contributed by atoms with E-state index in [1.807, 2.05) is 31.2 Å². The third-order valence-corrected chi connectivity index (χ3v) is 2.97. The van der Waals surface area contributed by atoms with Crippen molar-refractivity contribution in [2.45, 2.75) is 19.8 Å². The lowest BCUT2D eigenvalue weighted by Gasteiger charge is -2.09. The Morgan fingerprint density at radius 2 is 2.12 bits per heavy atom. The van der Waals surface area contributed by atoms with Crippen LogP contribution in [0, 0.1) is 12.8 Å². The Balaban J connectivity index is 0.00000144. The van der Waals surface area contributed by atoms with E-state index in [0.29, 0.717) is 12.3 Å². The normalized spacial score (nSPS) is 18.5. The Morgan fingerprint density at radius 1 is 1.41 bits per heavy atom. The molecule has 1 amide bonds. The molecule has 17 heavy (non-hydrogen) atoms. The molecule has 3 nitrogen and oxygen atoms in total. The molecule has 0 aromatic heterocycles. The molecule has 0 saturated carbocycles. The van der Waals surface area contributed by atoms with Gasteiger partial charge in [-0.15, -0.1) is 12.4 Å². The van der Waals surface area contributed by atoms with Gasteiger partial charge in [-0.3, -0.25) is 4.79 Å². The first-order valence-electron chi connectivity index (χ1n) is 5.81. The van der Waals surface area contributed by atoms with Gasteiger partial charge in [-0.05, 0) is 44.5 Å². The van der Waals surface area contributed by atoms with E-state index >= 15 is 0 Å². The lowest BCUT2D eigenvalue weighted by atomic mass is 10.0. The number of carbonyl (C=O) groups excluding carboxylic acids is 1. The summed E-state index contributed by atoms with van der Waals surface area (Å²) in [5, 5.41) is 6.20. The molecule has 1 saturated heterocycles. The maximum absolute atomic E-state index is 11.7. The van der Waals surface area contributed by atoms with Gasteiger partial charge >= 0.3 is 0 Å². The second-order valence-corrected chi connectivity index (χ2v) is 4.48. The highest BCUT2D eigenvalue weighted by atomic mass is 35.5. The first-order valence-corrected chi connectivity index (χ1v) is 5.81. The predicted octanol–water partition coefficient (Wildman–Crippen LogP) is 2.35. The summed E-state index contributed by atoms with van der Waals surface area (Å²) >= 11 is 0. The minimum Gasteiger partial charge on any atom is -0.326 e.